The lowest BCUT2D eigenvalue weighted by Gasteiger charge is -2.30. The third-order valence-corrected chi connectivity index (χ3v) is 5.86. The number of fused-ring (bicyclic) bond motifs is 1. The molecular weight excluding hydrogens is 438 g/mol. The van der Waals surface area contributed by atoms with E-state index in [0.29, 0.717) is 17.1 Å². The van der Waals surface area contributed by atoms with E-state index in [2.05, 4.69) is 35.8 Å². The van der Waals surface area contributed by atoms with Crippen LogP contribution in [0.25, 0.3) is 0 Å². The molecule has 170 valence electrons. The van der Waals surface area contributed by atoms with E-state index in [0.717, 1.165) is 31.7 Å². The van der Waals surface area contributed by atoms with E-state index in [1.165, 1.54) is 28.8 Å². The molecule has 1 aliphatic carbocycles. The van der Waals surface area contributed by atoms with Gasteiger partial charge in [-0.05, 0) is 73.4 Å². The Balaban J connectivity index is 0.00000341. The number of rotatable bonds is 8. The Bertz CT molecular complexity index is 876. The van der Waals surface area contributed by atoms with E-state index in [4.69, 9.17) is 12.2 Å². The molecular formula is C24H31ClF2N2OS. The largest absolute Gasteiger partial charge is 0.390 e. The Labute approximate surface area is 195 Å². The predicted octanol–water partition coefficient (Wildman–Crippen LogP) is 4.83. The Morgan fingerprint density at radius 3 is 2.52 bits per heavy atom. The first-order chi connectivity index (χ1) is 14.4. The molecule has 0 spiro atoms. The molecule has 3 N–H and O–H groups in total. The Morgan fingerprint density at radius 1 is 1.16 bits per heavy atom. The normalized spacial score (nSPS) is 17.3. The molecule has 0 saturated heterocycles. The zero-order valence-corrected chi connectivity index (χ0v) is 19.6. The maximum atomic E-state index is 13.6. The van der Waals surface area contributed by atoms with Crippen molar-refractivity contribution in [3.8, 4) is 0 Å². The lowest BCUT2D eigenvalue weighted by molar-refractivity contribution is 0.129. The monoisotopic (exact) mass is 468 g/mol. The van der Waals surface area contributed by atoms with E-state index >= 15 is 0 Å². The van der Waals surface area contributed by atoms with Crippen LogP contribution in [0.1, 0.15) is 55.0 Å². The summed E-state index contributed by atoms with van der Waals surface area (Å²) in [6.45, 7) is 4.24. The third-order valence-electron chi connectivity index (χ3n) is 5.74. The molecule has 0 aromatic heterocycles. The number of benzene rings is 2. The van der Waals surface area contributed by atoms with Crippen molar-refractivity contribution in [1.29, 1.82) is 0 Å². The zero-order chi connectivity index (χ0) is 21.7. The maximum Gasteiger partial charge on any atom is 0.126 e. The highest BCUT2D eigenvalue weighted by Crippen LogP contribution is 2.30. The fraction of sp³-hybridized carbons (Fsp3) is 0.458. The summed E-state index contributed by atoms with van der Waals surface area (Å²) in [7, 11) is 0. The number of hydrogen-bond acceptors (Lipinski definition) is 3. The van der Waals surface area contributed by atoms with Gasteiger partial charge in [-0.2, -0.15) is 0 Å². The second-order valence-corrected chi connectivity index (χ2v) is 8.71. The fourth-order valence-corrected chi connectivity index (χ4v) is 4.36. The van der Waals surface area contributed by atoms with Crippen molar-refractivity contribution in [2.45, 2.75) is 64.1 Å². The topological polar surface area (TPSA) is 44.3 Å². The van der Waals surface area contributed by atoms with Crippen molar-refractivity contribution < 1.29 is 13.9 Å². The second-order valence-electron chi connectivity index (χ2n) is 8.10. The SMILES string of the molecule is CCc1ccc2c(c1)[C@@H](NC[C@@H](O)[C@H](Cc1cc(F)cc(F)c1)NC(C)=S)CCC2.Cl. The van der Waals surface area contributed by atoms with Crippen LogP contribution in [0.2, 0.25) is 0 Å². The minimum atomic E-state index is -0.769. The standard InChI is InChI=1S/C24H30F2N2OS.ClH/c1-3-16-7-8-18-5-4-6-22(21(18)11-16)27-14-24(29)23(28-15(2)30)12-17-9-19(25)13-20(26)10-17;/h7-11,13,22-24,27,29H,3-6,12,14H2,1-2H3,(H,28,30);1H/t22-,23-,24+;/m0./s1. The Hall–Kier alpha value is -1.60. The molecule has 0 amide bonds. The lowest BCUT2D eigenvalue weighted by Crippen LogP contribution is -2.48. The van der Waals surface area contributed by atoms with Crippen molar-refractivity contribution in [3.63, 3.8) is 0 Å². The fourth-order valence-electron chi connectivity index (χ4n) is 4.21. The minimum absolute atomic E-state index is 0. The van der Waals surface area contributed by atoms with Crippen LogP contribution in [0, 0.1) is 11.6 Å². The molecule has 7 heteroatoms. The lowest BCUT2D eigenvalue weighted by atomic mass is 9.86. The average Bonchev–Trinajstić information content (AvgIpc) is 2.70. The summed E-state index contributed by atoms with van der Waals surface area (Å²) >= 11 is 5.16. The summed E-state index contributed by atoms with van der Waals surface area (Å²) < 4.78 is 27.1. The maximum absolute atomic E-state index is 13.6. The van der Waals surface area contributed by atoms with Crippen LogP contribution in [-0.4, -0.2) is 28.8 Å². The van der Waals surface area contributed by atoms with Crippen LogP contribution >= 0.6 is 24.6 Å². The Kier molecular flexibility index (Phi) is 9.82. The first-order valence-electron chi connectivity index (χ1n) is 10.6. The average molecular weight is 469 g/mol. The molecule has 0 aliphatic heterocycles. The number of nitrogens with one attached hydrogen (secondary N) is 2. The number of aliphatic hydroxyl groups excluding tert-OH is 1. The van der Waals surface area contributed by atoms with E-state index in [1.54, 1.807) is 6.92 Å². The van der Waals surface area contributed by atoms with Crippen LogP contribution in [0.4, 0.5) is 8.78 Å². The second kappa shape index (κ2) is 11.9. The van der Waals surface area contributed by atoms with Crippen molar-refractivity contribution in [2.24, 2.45) is 0 Å². The van der Waals surface area contributed by atoms with Gasteiger partial charge >= 0.3 is 0 Å². The highest BCUT2D eigenvalue weighted by atomic mass is 35.5. The quantitative estimate of drug-likeness (QED) is 0.486. The van der Waals surface area contributed by atoms with Gasteiger partial charge in [-0.15, -0.1) is 12.4 Å². The summed E-state index contributed by atoms with van der Waals surface area (Å²) in [5, 5.41) is 17.5. The van der Waals surface area contributed by atoms with Gasteiger partial charge in [0.1, 0.15) is 11.6 Å². The molecule has 3 nitrogen and oxygen atoms in total. The van der Waals surface area contributed by atoms with Crippen LogP contribution < -0.4 is 10.6 Å². The van der Waals surface area contributed by atoms with Gasteiger partial charge < -0.3 is 15.7 Å². The minimum Gasteiger partial charge on any atom is -0.390 e. The van der Waals surface area contributed by atoms with Gasteiger partial charge in [-0.3, -0.25) is 0 Å². The van der Waals surface area contributed by atoms with Gasteiger partial charge in [0.15, 0.2) is 0 Å². The van der Waals surface area contributed by atoms with Gasteiger partial charge in [-0.25, -0.2) is 8.78 Å². The number of thiocarbonyl (C=S) groups is 1. The number of aryl methyl sites for hydroxylation is 2. The third kappa shape index (κ3) is 7.21. The first-order valence-corrected chi connectivity index (χ1v) is 11.0. The molecule has 2 aromatic rings. The summed E-state index contributed by atoms with van der Waals surface area (Å²) in [6.07, 6.45) is 3.70. The van der Waals surface area contributed by atoms with E-state index in [1.807, 2.05) is 0 Å². The van der Waals surface area contributed by atoms with Gasteiger partial charge in [0.25, 0.3) is 0 Å². The van der Waals surface area contributed by atoms with Crippen molar-refractivity contribution >= 4 is 29.6 Å². The van der Waals surface area contributed by atoms with Crippen molar-refractivity contribution in [3.05, 3.63) is 70.3 Å². The molecule has 0 fully saturated rings. The van der Waals surface area contributed by atoms with Gasteiger partial charge in [0.05, 0.1) is 17.1 Å². The van der Waals surface area contributed by atoms with Crippen LogP contribution in [0.3, 0.4) is 0 Å². The summed E-state index contributed by atoms with van der Waals surface area (Å²) in [6, 6.07) is 9.86. The molecule has 0 radical (unpaired) electrons. The van der Waals surface area contributed by atoms with E-state index in [9.17, 15) is 13.9 Å². The highest BCUT2D eigenvalue weighted by molar-refractivity contribution is 7.80. The molecule has 0 saturated carbocycles. The number of halogens is 3. The van der Waals surface area contributed by atoms with Gasteiger partial charge in [0.2, 0.25) is 0 Å². The number of aliphatic hydroxyl groups is 1. The molecule has 3 atom stereocenters. The van der Waals surface area contributed by atoms with Crippen LogP contribution in [-0.2, 0) is 19.3 Å². The Morgan fingerprint density at radius 2 is 1.87 bits per heavy atom. The highest BCUT2D eigenvalue weighted by Gasteiger charge is 2.24. The molecule has 0 unspecified atom stereocenters. The molecule has 31 heavy (non-hydrogen) atoms. The van der Waals surface area contributed by atoms with Gasteiger partial charge in [-0.1, -0.05) is 37.3 Å². The smallest absolute Gasteiger partial charge is 0.126 e. The summed E-state index contributed by atoms with van der Waals surface area (Å²) in [4.78, 5) is 0.534. The van der Waals surface area contributed by atoms with Crippen molar-refractivity contribution in [1.82, 2.24) is 10.6 Å². The first kappa shape index (κ1) is 25.7. The molecule has 0 bridgehead atoms. The summed E-state index contributed by atoms with van der Waals surface area (Å²) in [5.41, 5.74) is 4.48. The molecule has 3 rings (SSSR count). The molecule has 0 heterocycles. The van der Waals surface area contributed by atoms with Crippen LogP contribution in [0.5, 0.6) is 0 Å². The van der Waals surface area contributed by atoms with E-state index in [-0.39, 0.29) is 24.9 Å². The van der Waals surface area contributed by atoms with Crippen LogP contribution in [0.15, 0.2) is 36.4 Å². The van der Waals surface area contributed by atoms with Gasteiger partial charge in [0, 0.05) is 18.7 Å². The predicted molar refractivity (Wildman–Crippen MR) is 128 cm³/mol. The number of hydrogen-bond donors (Lipinski definition) is 3. The summed E-state index contributed by atoms with van der Waals surface area (Å²) in [5.74, 6) is -1.25. The van der Waals surface area contributed by atoms with E-state index < -0.39 is 23.8 Å². The molecule has 2 aromatic carbocycles. The molecule has 1 aliphatic rings. The zero-order valence-electron chi connectivity index (χ0n) is 18.0. The van der Waals surface area contributed by atoms with Crippen molar-refractivity contribution in [2.75, 3.05) is 6.54 Å².